The number of carbonyl (C=O) groups is 8. The molecule has 1 heterocycles. The van der Waals surface area contributed by atoms with Crippen molar-refractivity contribution in [2.24, 2.45) is 0 Å². The summed E-state index contributed by atoms with van der Waals surface area (Å²) in [4.78, 5) is 97.3. The quantitative estimate of drug-likeness (QED) is 0.0514. The summed E-state index contributed by atoms with van der Waals surface area (Å²) in [6.07, 6.45) is 4.71. The van der Waals surface area contributed by atoms with Crippen molar-refractivity contribution in [2.75, 3.05) is 44.9 Å². The van der Waals surface area contributed by atoms with Gasteiger partial charge in [-0.25, -0.2) is 0 Å². The van der Waals surface area contributed by atoms with Gasteiger partial charge in [0, 0.05) is 50.8 Å². The molecular formula is C30H41N7O8S. The SMILES string of the molecule is CNC(=O)CCSCNC(=O)CNC(=O)[C@H](Cc1ccccc1)NC(=O)CNC(=O)CNC(=O)CCCCCN1C(=O)C=CC1=O. The molecule has 0 bridgehead atoms. The molecule has 16 heteroatoms. The van der Waals surface area contributed by atoms with Gasteiger partial charge in [0.1, 0.15) is 6.04 Å². The highest BCUT2D eigenvalue weighted by molar-refractivity contribution is 7.99. The lowest BCUT2D eigenvalue weighted by Crippen LogP contribution is -2.52. The molecule has 0 saturated heterocycles. The molecule has 1 aliphatic rings. The molecule has 8 amide bonds. The molecule has 0 aliphatic carbocycles. The van der Waals surface area contributed by atoms with Crippen molar-refractivity contribution in [1.29, 1.82) is 0 Å². The van der Waals surface area contributed by atoms with Crippen LogP contribution in [0.4, 0.5) is 0 Å². The van der Waals surface area contributed by atoms with Crippen LogP contribution in [0, 0.1) is 0 Å². The van der Waals surface area contributed by atoms with Crippen LogP contribution in [0.3, 0.4) is 0 Å². The van der Waals surface area contributed by atoms with Gasteiger partial charge in [0.25, 0.3) is 11.8 Å². The van der Waals surface area contributed by atoms with Crippen molar-refractivity contribution in [3.63, 3.8) is 0 Å². The van der Waals surface area contributed by atoms with E-state index in [0.717, 1.165) is 10.5 Å². The number of carbonyl (C=O) groups excluding carboxylic acids is 8. The lowest BCUT2D eigenvalue weighted by Gasteiger charge is -2.19. The van der Waals surface area contributed by atoms with E-state index < -0.39 is 36.2 Å². The second-order valence-electron chi connectivity index (χ2n) is 10.1. The molecule has 0 unspecified atom stereocenters. The third kappa shape index (κ3) is 15.3. The Hall–Kier alpha value is -4.73. The molecule has 0 radical (unpaired) electrons. The highest BCUT2D eigenvalue weighted by Crippen LogP contribution is 2.08. The van der Waals surface area contributed by atoms with Gasteiger partial charge in [0.05, 0.1) is 25.5 Å². The fourth-order valence-electron chi connectivity index (χ4n) is 4.04. The van der Waals surface area contributed by atoms with E-state index in [0.29, 0.717) is 31.4 Å². The number of nitrogens with one attached hydrogen (secondary N) is 6. The summed E-state index contributed by atoms with van der Waals surface area (Å²) < 4.78 is 0. The molecule has 46 heavy (non-hydrogen) atoms. The Balaban J connectivity index is 1.68. The number of amides is 8. The summed E-state index contributed by atoms with van der Waals surface area (Å²) in [7, 11) is 1.54. The Morgan fingerprint density at radius 2 is 1.35 bits per heavy atom. The van der Waals surface area contributed by atoms with E-state index >= 15 is 0 Å². The lowest BCUT2D eigenvalue weighted by atomic mass is 10.1. The third-order valence-corrected chi connectivity index (χ3v) is 7.40. The predicted octanol–water partition coefficient (Wildman–Crippen LogP) is -1.51. The number of hydrogen-bond acceptors (Lipinski definition) is 9. The average molecular weight is 660 g/mol. The van der Waals surface area contributed by atoms with E-state index in [1.807, 2.05) is 6.07 Å². The molecule has 1 atom stereocenters. The molecule has 2 rings (SSSR count). The molecule has 1 aromatic rings. The summed E-state index contributed by atoms with van der Waals surface area (Å²) in [5, 5.41) is 15.1. The fourth-order valence-corrected chi connectivity index (χ4v) is 4.78. The Labute approximate surface area is 271 Å². The second kappa shape index (κ2) is 21.1. The summed E-state index contributed by atoms with van der Waals surface area (Å²) in [6.45, 7) is -0.824. The number of unbranched alkanes of at least 4 members (excludes halogenated alkanes) is 2. The fraction of sp³-hybridized carbons (Fsp3) is 0.467. The minimum atomic E-state index is -1.03. The van der Waals surface area contributed by atoms with Crippen LogP contribution in [0.15, 0.2) is 42.5 Å². The second-order valence-corrected chi connectivity index (χ2v) is 11.2. The van der Waals surface area contributed by atoms with Crippen LogP contribution in [-0.2, 0) is 44.8 Å². The van der Waals surface area contributed by atoms with E-state index in [-0.39, 0.29) is 62.0 Å². The molecule has 0 saturated carbocycles. The van der Waals surface area contributed by atoms with Crippen molar-refractivity contribution >= 4 is 59.0 Å². The highest BCUT2D eigenvalue weighted by atomic mass is 32.2. The van der Waals surface area contributed by atoms with Crippen LogP contribution in [0.1, 0.15) is 37.7 Å². The van der Waals surface area contributed by atoms with Crippen molar-refractivity contribution in [1.82, 2.24) is 36.8 Å². The first kappa shape index (κ1) is 37.5. The van der Waals surface area contributed by atoms with Gasteiger partial charge < -0.3 is 31.9 Å². The van der Waals surface area contributed by atoms with Gasteiger partial charge in [-0.15, -0.1) is 11.8 Å². The zero-order chi connectivity index (χ0) is 33.7. The topological polar surface area (TPSA) is 212 Å². The zero-order valence-electron chi connectivity index (χ0n) is 25.7. The third-order valence-electron chi connectivity index (χ3n) is 6.56. The first-order valence-corrected chi connectivity index (χ1v) is 16.0. The monoisotopic (exact) mass is 659 g/mol. The van der Waals surface area contributed by atoms with Gasteiger partial charge in [-0.3, -0.25) is 43.3 Å². The minimum Gasteiger partial charge on any atom is -0.359 e. The molecule has 1 aromatic carbocycles. The largest absolute Gasteiger partial charge is 0.359 e. The standard InChI is InChI=1S/C30H41N7O8S/c1-31-23(38)13-15-46-20-35-26(41)18-34-30(45)22(16-21-8-4-2-5-9-21)36-27(42)19-33-25(40)17-32-24(39)10-6-3-7-14-37-28(43)11-12-29(37)44/h2,4-5,8-9,11-12,22H,3,6-7,10,13-20H2,1H3,(H,31,38)(H,32,39)(H,33,40)(H,34,45)(H,35,41)(H,36,42)/t22-/m0/s1. The number of hydrogen-bond donors (Lipinski definition) is 6. The molecule has 6 N–H and O–H groups in total. The Morgan fingerprint density at radius 3 is 2.04 bits per heavy atom. The van der Waals surface area contributed by atoms with Crippen molar-refractivity contribution in [3.05, 3.63) is 48.0 Å². The molecule has 0 aromatic heterocycles. The maximum atomic E-state index is 12.9. The van der Waals surface area contributed by atoms with Crippen molar-refractivity contribution < 1.29 is 38.4 Å². The summed E-state index contributed by atoms with van der Waals surface area (Å²) in [6, 6.07) is 7.92. The van der Waals surface area contributed by atoms with Crippen LogP contribution < -0.4 is 31.9 Å². The van der Waals surface area contributed by atoms with Crippen LogP contribution in [-0.4, -0.2) is 103 Å². The van der Waals surface area contributed by atoms with Crippen LogP contribution in [0.25, 0.3) is 0 Å². The number of imide groups is 1. The van der Waals surface area contributed by atoms with Crippen LogP contribution >= 0.6 is 11.8 Å². The Kier molecular flexibility index (Phi) is 17.2. The molecule has 0 spiro atoms. The normalized spacial score (nSPS) is 12.7. The number of thioether (sulfide) groups is 1. The van der Waals surface area contributed by atoms with E-state index in [9.17, 15) is 38.4 Å². The van der Waals surface area contributed by atoms with E-state index in [1.54, 1.807) is 31.3 Å². The molecule has 0 fully saturated rings. The lowest BCUT2D eigenvalue weighted by molar-refractivity contribution is -0.137. The number of nitrogens with zero attached hydrogens (tertiary/aromatic N) is 1. The van der Waals surface area contributed by atoms with Gasteiger partial charge in [-0.1, -0.05) is 36.8 Å². The van der Waals surface area contributed by atoms with Crippen molar-refractivity contribution in [3.8, 4) is 0 Å². The van der Waals surface area contributed by atoms with E-state index in [1.165, 1.54) is 23.9 Å². The average Bonchev–Trinajstić information content (AvgIpc) is 3.37. The zero-order valence-corrected chi connectivity index (χ0v) is 26.5. The minimum absolute atomic E-state index is 0.102. The first-order valence-electron chi connectivity index (χ1n) is 14.8. The molecule has 250 valence electrons. The van der Waals surface area contributed by atoms with E-state index in [4.69, 9.17) is 0 Å². The maximum Gasteiger partial charge on any atom is 0.253 e. The summed E-state index contributed by atoms with van der Waals surface area (Å²) in [5.74, 6) is -2.64. The predicted molar refractivity (Wildman–Crippen MR) is 170 cm³/mol. The Morgan fingerprint density at radius 1 is 0.717 bits per heavy atom. The van der Waals surface area contributed by atoms with Gasteiger partial charge in [-0.05, 0) is 18.4 Å². The smallest absolute Gasteiger partial charge is 0.253 e. The van der Waals surface area contributed by atoms with Gasteiger partial charge in [0.15, 0.2) is 0 Å². The van der Waals surface area contributed by atoms with Crippen LogP contribution in [0.5, 0.6) is 0 Å². The maximum absolute atomic E-state index is 12.9. The molecular weight excluding hydrogens is 618 g/mol. The number of rotatable bonds is 21. The summed E-state index contributed by atoms with van der Waals surface area (Å²) >= 11 is 1.36. The van der Waals surface area contributed by atoms with E-state index in [2.05, 4.69) is 31.9 Å². The Bertz CT molecular complexity index is 1260. The first-order chi connectivity index (χ1) is 22.1. The number of benzene rings is 1. The highest BCUT2D eigenvalue weighted by Gasteiger charge is 2.23. The van der Waals surface area contributed by atoms with Gasteiger partial charge >= 0.3 is 0 Å². The molecule has 1 aliphatic heterocycles. The summed E-state index contributed by atoms with van der Waals surface area (Å²) in [5.41, 5.74) is 0.765. The van der Waals surface area contributed by atoms with Gasteiger partial charge in [0.2, 0.25) is 35.4 Å². The molecule has 15 nitrogen and oxygen atoms in total. The van der Waals surface area contributed by atoms with Crippen LogP contribution in [0.2, 0.25) is 0 Å². The van der Waals surface area contributed by atoms with Crippen molar-refractivity contribution in [2.45, 2.75) is 44.6 Å². The van der Waals surface area contributed by atoms with Gasteiger partial charge in [-0.2, -0.15) is 0 Å².